The number of rotatable bonds is 9. The van der Waals surface area contributed by atoms with Crippen LogP contribution in [0.3, 0.4) is 0 Å². The lowest BCUT2D eigenvalue weighted by Crippen LogP contribution is -2.27. The first-order chi connectivity index (χ1) is 14.2. The van der Waals surface area contributed by atoms with Gasteiger partial charge in [-0.15, -0.1) is 6.58 Å². The molecular weight excluding hydrogens is 362 g/mol. The minimum atomic E-state index is 0.101. The van der Waals surface area contributed by atoms with Crippen LogP contribution in [0.1, 0.15) is 43.7 Å². The second-order valence-electron chi connectivity index (χ2n) is 7.67. The van der Waals surface area contributed by atoms with Crippen molar-refractivity contribution in [1.82, 2.24) is 0 Å². The summed E-state index contributed by atoms with van der Waals surface area (Å²) in [5, 5.41) is 3.76. The van der Waals surface area contributed by atoms with E-state index in [1.165, 1.54) is 37.7 Å². The van der Waals surface area contributed by atoms with Crippen LogP contribution in [-0.2, 0) is 0 Å². The van der Waals surface area contributed by atoms with Crippen LogP contribution in [0.25, 0.3) is 0 Å². The molecule has 1 aliphatic carbocycles. The summed E-state index contributed by atoms with van der Waals surface area (Å²) in [4.78, 5) is 0. The maximum Gasteiger partial charge on any atom is 0.145 e. The van der Waals surface area contributed by atoms with Gasteiger partial charge < -0.3 is 19.5 Å². The molecule has 0 saturated heterocycles. The van der Waals surface area contributed by atoms with Crippen molar-refractivity contribution in [3.63, 3.8) is 0 Å². The summed E-state index contributed by atoms with van der Waals surface area (Å²) in [6, 6.07) is 14.3. The first-order valence-corrected chi connectivity index (χ1v) is 10.4. The molecule has 3 rings (SSSR count). The van der Waals surface area contributed by atoms with Gasteiger partial charge in [-0.2, -0.15) is 0 Å². The number of methoxy groups -OCH3 is 3. The molecule has 2 aromatic rings. The fraction of sp³-hybridized carbons (Fsp3) is 0.440. The summed E-state index contributed by atoms with van der Waals surface area (Å²) < 4.78 is 16.3. The van der Waals surface area contributed by atoms with Crippen LogP contribution in [-0.4, -0.2) is 21.3 Å². The molecule has 1 aliphatic rings. The van der Waals surface area contributed by atoms with Crippen LogP contribution in [0.5, 0.6) is 17.2 Å². The molecule has 2 atom stereocenters. The second-order valence-corrected chi connectivity index (χ2v) is 7.67. The molecular formula is C25H33NO3. The molecule has 4 nitrogen and oxygen atoms in total. The van der Waals surface area contributed by atoms with Crippen LogP contribution in [0.4, 0.5) is 5.69 Å². The molecule has 0 unspecified atom stereocenters. The monoisotopic (exact) mass is 395 g/mol. The van der Waals surface area contributed by atoms with E-state index in [9.17, 15) is 0 Å². The molecule has 0 amide bonds. The molecule has 2 aromatic carbocycles. The minimum absolute atomic E-state index is 0.101. The van der Waals surface area contributed by atoms with E-state index in [-0.39, 0.29) is 6.04 Å². The zero-order valence-corrected chi connectivity index (χ0v) is 17.8. The topological polar surface area (TPSA) is 39.7 Å². The maximum absolute atomic E-state index is 5.63. The fourth-order valence-electron chi connectivity index (χ4n) is 4.42. The van der Waals surface area contributed by atoms with Crippen LogP contribution in [0.2, 0.25) is 0 Å². The van der Waals surface area contributed by atoms with Crippen molar-refractivity contribution >= 4 is 5.69 Å². The first-order valence-electron chi connectivity index (χ1n) is 10.4. The van der Waals surface area contributed by atoms with Gasteiger partial charge in [0.15, 0.2) is 0 Å². The summed E-state index contributed by atoms with van der Waals surface area (Å²) in [5.74, 6) is 3.37. The van der Waals surface area contributed by atoms with Gasteiger partial charge in [0, 0.05) is 12.0 Å². The third-order valence-corrected chi connectivity index (χ3v) is 6.05. The molecule has 1 saturated carbocycles. The Morgan fingerprint density at radius 2 is 1.55 bits per heavy atom. The normalized spacial score (nSPS) is 16.5. The number of hydrogen-bond acceptors (Lipinski definition) is 4. The Morgan fingerprint density at radius 1 is 0.897 bits per heavy atom. The molecule has 0 bridgehead atoms. The van der Waals surface area contributed by atoms with E-state index in [1.54, 1.807) is 21.3 Å². The van der Waals surface area contributed by atoms with Crippen LogP contribution in [0, 0.1) is 11.8 Å². The smallest absolute Gasteiger partial charge is 0.145 e. The molecule has 0 spiro atoms. The maximum atomic E-state index is 5.63. The van der Waals surface area contributed by atoms with Crippen LogP contribution < -0.4 is 19.5 Å². The highest BCUT2D eigenvalue weighted by atomic mass is 16.5. The van der Waals surface area contributed by atoms with Gasteiger partial charge >= 0.3 is 0 Å². The van der Waals surface area contributed by atoms with Gasteiger partial charge in [-0.05, 0) is 48.6 Å². The third-order valence-electron chi connectivity index (χ3n) is 6.05. The molecule has 1 N–H and O–H groups in total. The number of ether oxygens (including phenoxy) is 3. The number of anilines is 1. The van der Waals surface area contributed by atoms with E-state index >= 15 is 0 Å². The van der Waals surface area contributed by atoms with Crippen molar-refractivity contribution in [2.75, 3.05) is 26.6 Å². The minimum Gasteiger partial charge on any atom is -0.497 e. The highest BCUT2D eigenvalue weighted by molar-refractivity contribution is 5.60. The van der Waals surface area contributed by atoms with Crippen molar-refractivity contribution in [2.45, 2.75) is 38.1 Å². The Hall–Kier alpha value is -2.62. The molecule has 156 valence electrons. The Labute approximate surface area is 174 Å². The highest BCUT2D eigenvalue weighted by Gasteiger charge is 2.30. The highest BCUT2D eigenvalue weighted by Crippen LogP contribution is 2.41. The van der Waals surface area contributed by atoms with Gasteiger partial charge in [0.05, 0.1) is 33.1 Å². The average molecular weight is 396 g/mol. The lowest BCUT2D eigenvalue weighted by molar-refractivity contribution is 0.264. The molecule has 4 heteroatoms. The predicted octanol–water partition coefficient (Wildman–Crippen LogP) is 6.25. The van der Waals surface area contributed by atoms with Gasteiger partial charge in [-0.25, -0.2) is 0 Å². The Balaban J connectivity index is 1.96. The van der Waals surface area contributed by atoms with E-state index in [2.05, 4.69) is 30.1 Å². The van der Waals surface area contributed by atoms with Gasteiger partial charge in [-0.1, -0.05) is 37.5 Å². The summed E-state index contributed by atoms with van der Waals surface area (Å²) in [6.45, 7) is 4.21. The largest absolute Gasteiger partial charge is 0.497 e. The molecule has 0 radical (unpaired) electrons. The predicted molar refractivity (Wildman–Crippen MR) is 119 cm³/mol. The zero-order valence-electron chi connectivity index (χ0n) is 17.8. The fourth-order valence-corrected chi connectivity index (χ4v) is 4.42. The van der Waals surface area contributed by atoms with E-state index in [1.807, 2.05) is 30.3 Å². The lowest BCUT2D eigenvalue weighted by atomic mass is 9.75. The van der Waals surface area contributed by atoms with Crippen LogP contribution in [0.15, 0.2) is 55.1 Å². The van der Waals surface area contributed by atoms with Crippen molar-refractivity contribution in [2.24, 2.45) is 11.8 Å². The van der Waals surface area contributed by atoms with E-state index in [0.29, 0.717) is 11.8 Å². The van der Waals surface area contributed by atoms with E-state index in [4.69, 9.17) is 14.2 Å². The zero-order chi connectivity index (χ0) is 20.6. The molecule has 0 aromatic heterocycles. The summed E-state index contributed by atoms with van der Waals surface area (Å²) in [6.07, 6.45) is 8.59. The Kier molecular flexibility index (Phi) is 7.45. The van der Waals surface area contributed by atoms with Gasteiger partial charge in [-0.3, -0.25) is 0 Å². The standard InChI is InChI=1S/C25H33NO3/c1-5-22(18-9-7-6-8-10-18)25(19-11-13-20(27-2)14-12-19)26-23-16-15-21(28-3)17-24(23)29-4/h5,11-18,22,25-26H,1,6-10H2,2-4H3/t22-,25+/m1/s1. The Bertz CT molecular complexity index is 781. The van der Waals surface area contributed by atoms with Gasteiger partial charge in [0.25, 0.3) is 0 Å². The number of benzene rings is 2. The van der Waals surface area contributed by atoms with Crippen molar-refractivity contribution in [3.8, 4) is 17.2 Å². The lowest BCUT2D eigenvalue weighted by Gasteiger charge is -2.35. The molecule has 0 aliphatic heterocycles. The van der Waals surface area contributed by atoms with Crippen molar-refractivity contribution in [1.29, 1.82) is 0 Å². The van der Waals surface area contributed by atoms with E-state index < -0.39 is 0 Å². The van der Waals surface area contributed by atoms with Crippen LogP contribution >= 0.6 is 0 Å². The first kappa shape index (κ1) is 21.1. The van der Waals surface area contributed by atoms with Crippen molar-refractivity contribution < 1.29 is 14.2 Å². The molecule has 1 fully saturated rings. The average Bonchev–Trinajstić information content (AvgIpc) is 2.79. The Morgan fingerprint density at radius 3 is 2.14 bits per heavy atom. The number of hydrogen-bond donors (Lipinski definition) is 1. The third kappa shape index (κ3) is 5.06. The summed E-state index contributed by atoms with van der Waals surface area (Å²) >= 11 is 0. The SMILES string of the molecule is C=C[C@H](C1CCCCC1)[C@@H](Nc1ccc(OC)cc1OC)c1ccc(OC)cc1. The van der Waals surface area contributed by atoms with E-state index in [0.717, 1.165) is 22.9 Å². The quantitative estimate of drug-likeness (QED) is 0.510. The molecule has 29 heavy (non-hydrogen) atoms. The number of nitrogens with one attached hydrogen (secondary N) is 1. The molecule has 0 heterocycles. The van der Waals surface area contributed by atoms with Gasteiger partial charge in [0.2, 0.25) is 0 Å². The van der Waals surface area contributed by atoms with Crippen molar-refractivity contribution in [3.05, 3.63) is 60.7 Å². The van der Waals surface area contributed by atoms with Gasteiger partial charge in [0.1, 0.15) is 17.2 Å². The summed E-state index contributed by atoms with van der Waals surface area (Å²) in [7, 11) is 5.05. The second kappa shape index (κ2) is 10.2. The summed E-state index contributed by atoms with van der Waals surface area (Å²) in [5.41, 5.74) is 2.18.